The minimum atomic E-state index is -0.855. The third-order valence-corrected chi connectivity index (χ3v) is 3.62. The van der Waals surface area contributed by atoms with Gasteiger partial charge in [-0.3, -0.25) is 14.4 Å². The maximum absolute atomic E-state index is 12.0. The summed E-state index contributed by atoms with van der Waals surface area (Å²) in [6.07, 6.45) is 0.388. The van der Waals surface area contributed by atoms with Crippen molar-refractivity contribution in [3.8, 4) is 0 Å². The van der Waals surface area contributed by atoms with Gasteiger partial charge in [0.2, 0.25) is 0 Å². The van der Waals surface area contributed by atoms with Gasteiger partial charge in [-0.05, 0) is 24.1 Å². The molecule has 0 spiro atoms. The molecule has 6 heteroatoms. The third kappa shape index (κ3) is 3.21. The highest BCUT2D eigenvalue weighted by atomic mass is 16.4. The summed E-state index contributed by atoms with van der Waals surface area (Å²) in [6, 6.07) is 7.13. The molecule has 0 aromatic heterocycles. The van der Waals surface area contributed by atoms with Crippen molar-refractivity contribution in [2.24, 2.45) is 5.92 Å². The molecule has 1 atom stereocenters. The van der Waals surface area contributed by atoms with E-state index in [-0.39, 0.29) is 0 Å². The Morgan fingerprint density at radius 1 is 1.29 bits per heavy atom. The van der Waals surface area contributed by atoms with E-state index in [0.717, 1.165) is 5.56 Å². The Morgan fingerprint density at radius 2 is 2.00 bits per heavy atom. The summed E-state index contributed by atoms with van der Waals surface area (Å²) in [5.74, 6) is -2.42. The molecule has 21 heavy (non-hydrogen) atoms. The van der Waals surface area contributed by atoms with Crippen LogP contribution in [-0.2, 0) is 20.8 Å². The van der Waals surface area contributed by atoms with E-state index in [1.54, 1.807) is 32.2 Å². The molecule has 1 heterocycles. The number of carbonyl (C=O) groups is 3. The first-order valence-electron chi connectivity index (χ1n) is 6.79. The number of aliphatic carboxylic acids is 1. The van der Waals surface area contributed by atoms with E-state index in [9.17, 15) is 14.4 Å². The summed E-state index contributed by atoms with van der Waals surface area (Å²) < 4.78 is 0. The number of piperazine rings is 1. The maximum Gasteiger partial charge on any atom is 0.316 e. The van der Waals surface area contributed by atoms with E-state index in [2.05, 4.69) is 0 Å². The molecule has 1 aromatic carbocycles. The van der Waals surface area contributed by atoms with Crippen molar-refractivity contribution in [3.05, 3.63) is 29.8 Å². The summed E-state index contributed by atoms with van der Waals surface area (Å²) in [4.78, 5) is 37.5. The molecule has 1 N–H and O–H groups in total. The summed E-state index contributed by atoms with van der Waals surface area (Å²) in [7, 11) is 1.60. The second-order valence-electron chi connectivity index (χ2n) is 5.30. The number of hydrogen-bond donors (Lipinski definition) is 1. The molecule has 1 aliphatic rings. The summed E-state index contributed by atoms with van der Waals surface area (Å²) in [5, 5.41) is 8.95. The zero-order chi connectivity index (χ0) is 15.6. The number of benzene rings is 1. The highest BCUT2D eigenvalue weighted by Gasteiger charge is 2.31. The molecule has 1 fully saturated rings. The van der Waals surface area contributed by atoms with Gasteiger partial charge in [-0.2, -0.15) is 0 Å². The lowest BCUT2D eigenvalue weighted by Crippen LogP contribution is -2.53. The van der Waals surface area contributed by atoms with Gasteiger partial charge in [0.25, 0.3) is 0 Å². The van der Waals surface area contributed by atoms with Crippen LogP contribution in [0.15, 0.2) is 24.3 Å². The van der Waals surface area contributed by atoms with Gasteiger partial charge in [0.15, 0.2) is 0 Å². The van der Waals surface area contributed by atoms with Crippen LogP contribution in [0.5, 0.6) is 0 Å². The van der Waals surface area contributed by atoms with Gasteiger partial charge in [0.05, 0.1) is 5.92 Å². The number of carboxylic acids is 1. The normalized spacial score (nSPS) is 17.0. The monoisotopic (exact) mass is 290 g/mol. The van der Waals surface area contributed by atoms with E-state index < -0.39 is 23.7 Å². The summed E-state index contributed by atoms with van der Waals surface area (Å²) in [5.41, 5.74) is 1.47. The van der Waals surface area contributed by atoms with Crippen molar-refractivity contribution >= 4 is 23.5 Å². The second kappa shape index (κ2) is 5.95. The first-order valence-corrected chi connectivity index (χ1v) is 6.79. The summed E-state index contributed by atoms with van der Waals surface area (Å²) in [6.45, 7) is 2.57. The van der Waals surface area contributed by atoms with Crippen LogP contribution in [0.1, 0.15) is 12.5 Å². The minimum Gasteiger partial charge on any atom is -0.481 e. The molecular weight excluding hydrogens is 272 g/mol. The second-order valence-corrected chi connectivity index (χ2v) is 5.30. The number of hydrogen-bond acceptors (Lipinski definition) is 3. The Morgan fingerprint density at radius 3 is 2.67 bits per heavy atom. The van der Waals surface area contributed by atoms with Gasteiger partial charge in [-0.1, -0.05) is 19.1 Å². The first kappa shape index (κ1) is 15.0. The Bertz CT molecular complexity index is 585. The number of likely N-dealkylation sites (N-methyl/N-ethyl adjacent to an activating group) is 1. The molecular formula is C15H18N2O4. The van der Waals surface area contributed by atoms with E-state index >= 15 is 0 Å². The van der Waals surface area contributed by atoms with Crippen molar-refractivity contribution in [1.82, 2.24) is 4.90 Å². The zero-order valence-electron chi connectivity index (χ0n) is 12.1. The van der Waals surface area contributed by atoms with E-state index in [1.165, 1.54) is 9.80 Å². The van der Waals surface area contributed by atoms with Crippen molar-refractivity contribution in [3.63, 3.8) is 0 Å². The molecule has 1 aromatic rings. The fourth-order valence-corrected chi connectivity index (χ4v) is 2.27. The van der Waals surface area contributed by atoms with Gasteiger partial charge >= 0.3 is 17.8 Å². The van der Waals surface area contributed by atoms with Crippen LogP contribution in [0.3, 0.4) is 0 Å². The van der Waals surface area contributed by atoms with Crippen LogP contribution < -0.4 is 4.90 Å². The number of carbonyl (C=O) groups excluding carboxylic acids is 2. The quantitative estimate of drug-likeness (QED) is 0.830. The zero-order valence-corrected chi connectivity index (χ0v) is 12.1. The molecule has 1 aliphatic heterocycles. The highest BCUT2D eigenvalue weighted by Crippen LogP contribution is 2.20. The average Bonchev–Trinajstić information content (AvgIpc) is 2.45. The molecule has 1 saturated heterocycles. The molecule has 2 amide bonds. The first-order chi connectivity index (χ1) is 9.90. The summed E-state index contributed by atoms with van der Waals surface area (Å²) >= 11 is 0. The molecule has 1 unspecified atom stereocenters. The van der Waals surface area contributed by atoms with Gasteiger partial charge in [0.1, 0.15) is 0 Å². The van der Waals surface area contributed by atoms with Crippen LogP contribution in [-0.4, -0.2) is 47.9 Å². The lowest BCUT2D eigenvalue weighted by molar-refractivity contribution is -0.145. The van der Waals surface area contributed by atoms with E-state index in [0.29, 0.717) is 25.2 Å². The van der Waals surface area contributed by atoms with Crippen LogP contribution in [0, 0.1) is 5.92 Å². The SMILES string of the molecule is CC(Cc1cccc(N2CCN(C)C(=O)C2=O)c1)C(=O)O. The largest absolute Gasteiger partial charge is 0.481 e. The minimum absolute atomic E-state index is 0.388. The van der Waals surface area contributed by atoms with Crippen molar-refractivity contribution in [1.29, 1.82) is 0 Å². The Labute approximate surface area is 123 Å². The molecule has 112 valence electrons. The number of anilines is 1. The van der Waals surface area contributed by atoms with Crippen LogP contribution in [0.25, 0.3) is 0 Å². The molecule has 0 aliphatic carbocycles. The Hall–Kier alpha value is -2.37. The third-order valence-electron chi connectivity index (χ3n) is 3.62. The Balaban J connectivity index is 2.19. The smallest absolute Gasteiger partial charge is 0.316 e. The van der Waals surface area contributed by atoms with E-state index in [1.807, 2.05) is 6.07 Å². The van der Waals surface area contributed by atoms with Crippen LogP contribution >= 0.6 is 0 Å². The van der Waals surface area contributed by atoms with Crippen LogP contribution in [0.4, 0.5) is 5.69 Å². The number of nitrogens with zero attached hydrogens (tertiary/aromatic N) is 2. The van der Waals surface area contributed by atoms with Crippen LogP contribution in [0.2, 0.25) is 0 Å². The van der Waals surface area contributed by atoms with Gasteiger partial charge in [0, 0.05) is 25.8 Å². The molecule has 2 rings (SSSR count). The molecule has 6 nitrogen and oxygen atoms in total. The fourth-order valence-electron chi connectivity index (χ4n) is 2.27. The lowest BCUT2D eigenvalue weighted by atomic mass is 10.0. The maximum atomic E-state index is 12.0. The fraction of sp³-hybridized carbons (Fsp3) is 0.400. The number of amides is 2. The van der Waals surface area contributed by atoms with Gasteiger partial charge < -0.3 is 14.9 Å². The van der Waals surface area contributed by atoms with Crippen molar-refractivity contribution < 1.29 is 19.5 Å². The molecule has 0 saturated carbocycles. The predicted molar refractivity (Wildman–Crippen MR) is 76.9 cm³/mol. The Kier molecular flexibility index (Phi) is 4.26. The van der Waals surface area contributed by atoms with Gasteiger partial charge in [-0.25, -0.2) is 0 Å². The molecule has 0 bridgehead atoms. The number of carboxylic acid groups (broad SMARTS) is 1. The van der Waals surface area contributed by atoms with E-state index in [4.69, 9.17) is 5.11 Å². The average molecular weight is 290 g/mol. The van der Waals surface area contributed by atoms with Gasteiger partial charge in [-0.15, -0.1) is 0 Å². The molecule has 0 radical (unpaired) electrons. The predicted octanol–water partition coefficient (Wildman–Crippen LogP) is 0.755. The van der Waals surface area contributed by atoms with Crippen molar-refractivity contribution in [2.75, 3.05) is 25.0 Å². The topological polar surface area (TPSA) is 77.9 Å². The lowest BCUT2D eigenvalue weighted by Gasteiger charge is -2.31. The van der Waals surface area contributed by atoms with Crippen molar-refractivity contribution in [2.45, 2.75) is 13.3 Å². The standard InChI is InChI=1S/C15H18N2O4/c1-10(15(20)21)8-11-4-3-5-12(9-11)17-7-6-16(2)13(18)14(17)19/h3-5,9-10H,6-8H2,1-2H3,(H,20,21). The number of rotatable bonds is 4. The highest BCUT2D eigenvalue weighted by molar-refractivity contribution is 6.40.